The van der Waals surface area contributed by atoms with Crippen LogP contribution in [0.1, 0.15) is 30.0 Å². The maximum Gasteiger partial charge on any atom is 0.0595 e. The molecule has 100 valence electrons. The highest BCUT2D eigenvalue weighted by atomic mass is 16.5. The Balaban J connectivity index is 1.84. The molecule has 2 rings (SSSR count). The summed E-state index contributed by atoms with van der Waals surface area (Å²) in [5.41, 5.74) is 8.79. The van der Waals surface area contributed by atoms with Crippen molar-refractivity contribution < 1.29 is 4.74 Å². The lowest BCUT2D eigenvalue weighted by atomic mass is 10.0. The zero-order chi connectivity index (χ0) is 13.0. The molecule has 0 radical (unpaired) electrons. The van der Waals surface area contributed by atoms with E-state index in [1.165, 1.54) is 11.1 Å². The molecule has 0 spiro atoms. The van der Waals surface area contributed by atoms with Crippen LogP contribution in [-0.2, 0) is 4.74 Å². The Bertz CT molecular complexity index is 355. The van der Waals surface area contributed by atoms with E-state index in [1.54, 1.807) is 7.11 Å². The fourth-order valence-corrected chi connectivity index (χ4v) is 2.52. The minimum absolute atomic E-state index is 0.115. The number of hydrogen-bond donors (Lipinski definition) is 1. The van der Waals surface area contributed by atoms with E-state index in [-0.39, 0.29) is 6.04 Å². The number of rotatable bonds is 4. The minimum Gasteiger partial charge on any atom is -0.381 e. The Morgan fingerprint density at radius 3 is 2.44 bits per heavy atom. The van der Waals surface area contributed by atoms with E-state index in [4.69, 9.17) is 10.5 Å². The fourth-order valence-electron chi connectivity index (χ4n) is 2.52. The average molecular weight is 248 g/mol. The molecule has 18 heavy (non-hydrogen) atoms. The summed E-state index contributed by atoms with van der Waals surface area (Å²) in [7, 11) is 1.80. The van der Waals surface area contributed by atoms with Gasteiger partial charge in [0.25, 0.3) is 0 Å². The quantitative estimate of drug-likeness (QED) is 0.887. The second-order valence-electron chi connectivity index (χ2n) is 5.25. The normalized spacial score (nSPS) is 19.9. The van der Waals surface area contributed by atoms with Crippen LogP contribution in [0, 0.1) is 6.92 Å². The van der Waals surface area contributed by atoms with E-state index in [2.05, 4.69) is 36.1 Å². The molecule has 3 heteroatoms. The fraction of sp³-hybridized carbons (Fsp3) is 0.600. The monoisotopic (exact) mass is 248 g/mol. The Labute approximate surface area is 110 Å². The third-order valence-corrected chi connectivity index (χ3v) is 3.83. The number of likely N-dealkylation sites (tertiary alicyclic amines) is 1. The number of hydrogen-bond acceptors (Lipinski definition) is 3. The molecule has 0 aliphatic carbocycles. The first-order chi connectivity index (χ1) is 8.69. The van der Waals surface area contributed by atoms with E-state index in [1.807, 2.05) is 0 Å². The molecule has 3 nitrogen and oxygen atoms in total. The molecule has 1 unspecified atom stereocenters. The van der Waals surface area contributed by atoms with Crippen LogP contribution in [0.4, 0.5) is 0 Å². The van der Waals surface area contributed by atoms with Crippen molar-refractivity contribution in [3.63, 3.8) is 0 Å². The second-order valence-corrected chi connectivity index (χ2v) is 5.25. The van der Waals surface area contributed by atoms with Crippen LogP contribution in [0.3, 0.4) is 0 Å². The number of nitrogens with zero attached hydrogens (tertiary/aromatic N) is 1. The number of piperidine rings is 1. The van der Waals surface area contributed by atoms with Crippen LogP contribution in [0.15, 0.2) is 24.3 Å². The van der Waals surface area contributed by atoms with Crippen LogP contribution in [0.2, 0.25) is 0 Å². The van der Waals surface area contributed by atoms with Gasteiger partial charge in [-0.05, 0) is 25.3 Å². The summed E-state index contributed by atoms with van der Waals surface area (Å²) < 4.78 is 5.38. The van der Waals surface area contributed by atoms with Crippen molar-refractivity contribution in [3.8, 4) is 0 Å². The van der Waals surface area contributed by atoms with Gasteiger partial charge in [0.05, 0.1) is 6.10 Å². The van der Waals surface area contributed by atoms with Gasteiger partial charge in [-0.15, -0.1) is 0 Å². The summed E-state index contributed by atoms with van der Waals surface area (Å²) in [4.78, 5) is 2.44. The van der Waals surface area contributed by atoms with E-state index in [0.717, 1.165) is 32.5 Å². The third-order valence-electron chi connectivity index (χ3n) is 3.83. The number of nitrogens with two attached hydrogens (primary N) is 1. The second kappa shape index (κ2) is 6.32. The highest BCUT2D eigenvalue weighted by Gasteiger charge is 2.20. The maximum atomic E-state index is 6.27. The average Bonchev–Trinajstić information content (AvgIpc) is 2.40. The molecule has 0 aromatic heterocycles. The lowest BCUT2D eigenvalue weighted by molar-refractivity contribution is 0.0395. The molecule has 1 saturated heterocycles. The van der Waals surface area contributed by atoms with Crippen molar-refractivity contribution in [3.05, 3.63) is 35.4 Å². The molecular weight excluding hydrogens is 224 g/mol. The third kappa shape index (κ3) is 3.55. The molecule has 1 atom stereocenters. The van der Waals surface area contributed by atoms with Gasteiger partial charge in [-0.25, -0.2) is 0 Å². The Kier molecular flexibility index (Phi) is 4.75. The van der Waals surface area contributed by atoms with Crippen LogP contribution in [0.25, 0.3) is 0 Å². The summed E-state index contributed by atoms with van der Waals surface area (Å²) in [5.74, 6) is 0. The molecule has 1 aromatic rings. The summed E-state index contributed by atoms with van der Waals surface area (Å²) in [6.07, 6.45) is 2.69. The van der Waals surface area contributed by atoms with Crippen molar-refractivity contribution >= 4 is 0 Å². The van der Waals surface area contributed by atoms with Crippen molar-refractivity contribution in [2.45, 2.75) is 31.9 Å². The molecule has 0 bridgehead atoms. The van der Waals surface area contributed by atoms with Crippen LogP contribution >= 0.6 is 0 Å². The van der Waals surface area contributed by atoms with Gasteiger partial charge >= 0.3 is 0 Å². The van der Waals surface area contributed by atoms with Gasteiger partial charge in [-0.1, -0.05) is 29.8 Å². The topological polar surface area (TPSA) is 38.5 Å². The van der Waals surface area contributed by atoms with E-state index < -0.39 is 0 Å². The van der Waals surface area contributed by atoms with Crippen molar-refractivity contribution in [2.75, 3.05) is 26.7 Å². The van der Waals surface area contributed by atoms with Crippen molar-refractivity contribution in [1.29, 1.82) is 0 Å². The Morgan fingerprint density at radius 1 is 1.28 bits per heavy atom. The lowest BCUT2D eigenvalue weighted by Crippen LogP contribution is -2.40. The lowest BCUT2D eigenvalue weighted by Gasteiger charge is -2.32. The van der Waals surface area contributed by atoms with Gasteiger partial charge in [-0.3, -0.25) is 0 Å². The molecule has 1 aliphatic heterocycles. The van der Waals surface area contributed by atoms with E-state index >= 15 is 0 Å². The van der Waals surface area contributed by atoms with Crippen LogP contribution in [-0.4, -0.2) is 37.7 Å². The highest BCUT2D eigenvalue weighted by Crippen LogP contribution is 2.17. The smallest absolute Gasteiger partial charge is 0.0595 e. The number of benzene rings is 1. The van der Waals surface area contributed by atoms with Crippen LogP contribution < -0.4 is 5.73 Å². The van der Waals surface area contributed by atoms with Gasteiger partial charge in [0, 0.05) is 32.8 Å². The van der Waals surface area contributed by atoms with E-state index in [0.29, 0.717) is 6.10 Å². The number of methoxy groups -OCH3 is 1. The minimum atomic E-state index is 0.115. The highest BCUT2D eigenvalue weighted by molar-refractivity contribution is 5.24. The molecule has 1 fully saturated rings. The van der Waals surface area contributed by atoms with Gasteiger partial charge < -0.3 is 15.4 Å². The molecule has 0 saturated carbocycles. The van der Waals surface area contributed by atoms with Gasteiger partial charge in [0.1, 0.15) is 0 Å². The molecule has 1 aromatic carbocycles. The molecule has 2 N–H and O–H groups in total. The first-order valence-corrected chi connectivity index (χ1v) is 6.76. The SMILES string of the molecule is COC1CCN(CC(N)c2ccc(C)cc2)CC1. The summed E-state index contributed by atoms with van der Waals surface area (Å²) in [6, 6.07) is 8.66. The first kappa shape index (κ1) is 13.5. The summed E-state index contributed by atoms with van der Waals surface area (Å²) >= 11 is 0. The zero-order valence-electron chi connectivity index (χ0n) is 11.4. The number of ether oxygens (including phenoxy) is 1. The first-order valence-electron chi connectivity index (χ1n) is 6.76. The van der Waals surface area contributed by atoms with Crippen molar-refractivity contribution in [2.24, 2.45) is 5.73 Å². The largest absolute Gasteiger partial charge is 0.381 e. The standard InChI is InChI=1S/C15H24N2O/c1-12-3-5-13(6-4-12)15(16)11-17-9-7-14(18-2)8-10-17/h3-6,14-15H,7-11,16H2,1-2H3. The predicted octanol–water partition coefficient (Wildman–Crippen LogP) is 2.11. The summed E-state index contributed by atoms with van der Waals surface area (Å²) in [6.45, 7) is 5.24. The summed E-state index contributed by atoms with van der Waals surface area (Å²) in [5, 5.41) is 0. The Hall–Kier alpha value is -0.900. The van der Waals surface area contributed by atoms with Crippen LogP contribution in [0.5, 0.6) is 0 Å². The number of aryl methyl sites for hydroxylation is 1. The maximum absolute atomic E-state index is 6.27. The zero-order valence-corrected chi connectivity index (χ0v) is 11.4. The van der Waals surface area contributed by atoms with Gasteiger partial charge in [0.2, 0.25) is 0 Å². The molecule has 1 aliphatic rings. The van der Waals surface area contributed by atoms with E-state index in [9.17, 15) is 0 Å². The molecule has 1 heterocycles. The van der Waals surface area contributed by atoms with Gasteiger partial charge in [-0.2, -0.15) is 0 Å². The predicted molar refractivity (Wildman–Crippen MR) is 74.6 cm³/mol. The molecular formula is C15H24N2O. The van der Waals surface area contributed by atoms with Gasteiger partial charge in [0.15, 0.2) is 0 Å². The molecule has 0 amide bonds. The van der Waals surface area contributed by atoms with Crippen molar-refractivity contribution in [1.82, 2.24) is 4.90 Å². The Morgan fingerprint density at radius 2 is 1.89 bits per heavy atom.